The molecule has 0 fully saturated rings. The number of hydrogen-bond donors (Lipinski definition) is 1. The number of ether oxygens (including phenoxy) is 1. The Morgan fingerprint density at radius 3 is 2.25 bits per heavy atom. The number of benzene rings is 2. The molecular formula is C18H14ClN3O2. The highest BCUT2D eigenvalue weighted by Gasteiger charge is 2.07. The number of rotatable bonds is 4. The molecule has 0 aliphatic rings. The van der Waals surface area contributed by atoms with Gasteiger partial charge in [-0.25, -0.2) is 0 Å². The molecule has 0 bridgehead atoms. The van der Waals surface area contributed by atoms with Crippen molar-refractivity contribution < 1.29 is 9.53 Å². The molecule has 0 aliphatic carbocycles. The van der Waals surface area contributed by atoms with Crippen LogP contribution in [0.3, 0.4) is 0 Å². The number of carbonyl (C=O) groups is 1. The molecular weight excluding hydrogens is 326 g/mol. The van der Waals surface area contributed by atoms with Crippen LogP contribution in [0.4, 0.5) is 5.69 Å². The number of nitrogens with zero attached hydrogens (tertiary/aromatic N) is 2. The molecule has 5 nitrogen and oxygen atoms in total. The van der Waals surface area contributed by atoms with Crippen LogP contribution in [-0.4, -0.2) is 23.2 Å². The van der Waals surface area contributed by atoms with Crippen LogP contribution in [0.5, 0.6) is 5.88 Å². The van der Waals surface area contributed by atoms with Gasteiger partial charge in [0, 0.05) is 27.9 Å². The first-order chi connectivity index (χ1) is 11.7. The first-order valence-corrected chi connectivity index (χ1v) is 7.58. The molecule has 3 aromatic rings. The van der Waals surface area contributed by atoms with E-state index in [9.17, 15) is 4.79 Å². The average Bonchev–Trinajstić information content (AvgIpc) is 2.63. The highest BCUT2D eigenvalue weighted by Crippen LogP contribution is 2.20. The van der Waals surface area contributed by atoms with Crippen LogP contribution in [0.25, 0.3) is 11.3 Å². The highest BCUT2D eigenvalue weighted by molar-refractivity contribution is 6.30. The minimum Gasteiger partial charge on any atom is -0.480 e. The van der Waals surface area contributed by atoms with Crippen molar-refractivity contribution >= 4 is 23.2 Å². The maximum Gasteiger partial charge on any atom is 0.255 e. The Kier molecular flexibility index (Phi) is 4.72. The number of halogens is 1. The summed E-state index contributed by atoms with van der Waals surface area (Å²) in [4.78, 5) is 12.2. The van der Waals surface area contributed by atoms with Crippen molar-refractivity contribution in [1.82, 2.24) is 10.2 Å². The van der Waals surface area contributed by atoms with E-state index in [4.69, 9.17) is 16.3 Å². The predicted octanol–water partition coefficient (Wildman–Crippen LogP) is 4.06. The van der Waals surface area contributed by atoms with Gasteiger partial charge in [0.25, 0.3) is 5.91 Å². The first kappa shape index (κ1) is 16.0. The Morgan fingerprint density at radius 1 is 0.958 bits per heavy atom. The van der Waals surface area contributed by atoms with Crippen molar-refractivity contribution in [1.29, 1.82) is 0 Å². The SMILES string of the molecule is COc1ccc(-c2ccc(NC(=O)c3ccc(Cl)cc3)cc2)nn1. The molecule has 0 spiro atoms. The molecule has 0 radical (unpaired) electrons. The van der Waals surface area contributed by atoms with Crippen LogP contribution in [0, 0.1) is 0 Å². The number of nitrogens with one attached hydrogen (secondary N) is 1. The maximum absolute atomic E-state index is 12.2. The van der Waals surface area contributed by atoms with Gasteiger partial charge in [0.1, 0.15) is 0 Å². The third kappa shape index (κ3) is 3.70. The zero-order chi connectivity index (χ0) is 16.9. The lowest BCUT2D eigenvalue weighted by Crippen LogP contribution is -2.11. The Hall–Kier alpha value is -2.92. The van der Waals surface area contributed by atoms with E-state index in [1.807, 2.05) is 30.3 Å². The number of anilines is 1. The van der Waals surface area contributed by atoms with Gasteiger partial charge in [-0.1, -0.05) is 23.7 Å². The predicted molar refractivity (Wildman–Crippen MR) is 93.4 cm³/mol. The minimum absolute atomic E-state index is 0.191. The maximum atomic E-state index is 12.2. The van der Waals surface area contributed by atoms with Crippen molar-refractivity contribution in [3.05, 3.63) is 71.2 Å². The van der Waals surface area contributed by atoms with Gasteiger partial charge in [-0.3, -0.25) is 4.79 Å². The van der Waals surface area contributed by atoms with Crippen molar-refractivity contribution in [2.24, 2.45) is 0 Å². The van der Waals surface area contributed by atoms with E-state index < -0.39 is 0 Å². The molecule has 0 aliphatic heterocycles. The quantitative estimate of drug-likeness (QED) is 0.778. The Balaban J connectivity index is 1.71. The minimum atomic E-state index is -0.191. The van der Waals surface area contributed by atoms with Crippen molar-refractivity contribution in [2.45, 2.75) is 0 Å². The van der Waals surface area contributed by atoms with E-state index in [0.717, 1.165) is 11.3 Å². The summed E-state index contributed by atoms with van der Waals surface area (Å²) < 4.78 is 4.99. The Bertz CT molecular complexity index is 832. The summed E-state index contributed by atoms with van der Waals surface area (Å²) in [6, 6.07) is 17.7. The molecule has 3 rings (SSSR count). The third-order valence-electron chi connectivity index (χ3n) is 3.39. The van der Waals surface area contributed by atoms with E-state index >= 15 is 0 Å². The summed E-state index contributed by atoms with van der Waals surface area (Å²) >= 11 is 5.82. The van der Waals surface area contributed by atoms with Crippen LogP contribution in [-0.2, 0) is 0 Å². The normalized spacial score (nSPS) is 10.2. The lowest BCUT2D eigenvalue weighted by molar-refractivity contribution is 0.102. The fraction of sp³-hybridized carbons (Fsp3) is 0.0556. The van der Waals surface area contributed by atoms with Crippen molar-refractivity contribution in [3.63, 3.8) is 0 Å². The van der Waals surface area contributed by atoms with E-state index in [0.29, 0.717) is 22.2 Å². The van der Waals surface area contributed by atoms with Gasteiger partial charge in [-0.15, -0.1) is 10.2 Å². The molecule has 1 amide bonds. The molecule has 24 heavy (non-hydrogen) atoms. The van der Waals surface area contributed by atoms with Gasteiger partial charge in [0.15, 0.2) is 0 Å². The summed E-state index contributed by atoms with van der Waals surface area (Å²) in [5, 5.41) is 11.5. The lowest BCUT2D eigenvalue weighted by atomic mass is 10.1. The number of amides is 1. The largest absolute Gasteiger partial charge is 0.480 e. The molecule has 0 saturated heterocycles. The molecule has 1 N–H and O–H groups in total. The molecule has 120 valence electrons. The number of carbonyl (C=O) groups excluding carboxylic acids is 1. The number of methoxy groups -OCH3 is 1. The van der Waals surface area contributed by atoms with Gasteiger partial charge in [-0.2, -0.15) is 0 Å². The second kappa shape index (κ2) is 7.10. The average molecular weight is 340 g/mol. The first-order valence-electron chi connectivity index (χ1n) is 7.21. The van der Waals surface area contributed by atoms with Crippen molar-refractivity contribution in [3.8, 4) is 17.1 Å². The summed E-state index contributed by atoms with van der Waals surface area (Å²) in [6.07, 6.45) is 0. The fourth-order valence-corrected chi connectivity index (χ4v) is 2.24. The van der Waals surface area contributed by atoms with Crippen LogP contribution < -0.4 is 10.1 Å². The summed E-state index contributed by atoms with van der Waals surface area (Å²) in [5.41, 5.74) is 2.87. The van der Waals surface area contributed by atoms with Gasteiger partial charge in [-0.05, 0) is 42.5 Å². The summed E-state index contributed by atoms with van der Waals surface area (Å²) in [5.74, 6) is 0.272. The topological polar surface area (TPSA) is 64.1 Å². The monoisotopic (exact) mass is 339 g/mol. The standard InChI is InChI=1S/C18H14ClN3O2/c1-24-17-11-10-16(21-22-17)12-4-8-15(9-5-12)20-18(23)13-2-6-14(19)7-3-13/h2-11H,1H3,(H,20,23). The van der Waals surface area contributed by atoms with Crippen LogP contribution in [0.1, 0.15) is 10.4 Å². The molecule has 0 unspecified atom stereocenters. The number of aromatic nitrogens is 2. The van der Waals surface area contributed by atoms with Gasteiger partial charge in [0.2, 0.25) is 5.88 Å². The van der Waals surface area contributed by atoms with Crippen molar-refractivity contribution in [2.75, 3.05) is 12.4 Å². The number of hydrogen-bond acceptors (Lipinski definition) is 4. The van der Waals surface area contributed by atoms with Crippen LogP contribution in [0.15, 0.2) is 60.7 Å². The smallest absolute Gasteiger partial charge is 0.255 e. The van der Waals surface area contributed by atoms with Gasteiger partial charge < -0.3 is 10.1 Å². The van der Waals surface area contributed by atoms with E-state index in [-0.39, 0.29) is 5.91 Å². The van der Waals surface area contributed by atoms with Crippen LogP contribution in [0.2, 0.25) is 5.02 Å². The van der Waals surface area contributed by atoms with Gasteiger partial charge in [0.05, 0.1) is 12.8 Å². The van der Waals surface area contributed by atoms with Gasteiger partial charge >= 0.3 is 0 Å². The van der Waals surface area contributed by atoms with E-state index in [2.05, 4.69) is 15.5 Å². The van der Waals surface area contributed by atoms with Crippen LogP contribution >= 0.6 is 11.6 Å². The molecule has 1 aromatic heterocycles. The summed E-state index contributed by atoms with van der Waals surface area (Å²) in [6.45, 7) is 0. The van der Waals surface area contributed by atoms with E-state index in [1.54, 1.807) is 37.4 Å². The molecule has 0 atom stereocenters. The zero-order valence-electron chi connectivity index (χ0n) is 12.9. The highest BCUT2D eigenvalue weighted by atomic mass is 35.5. The second-order valence-corrected chi connectivity index (χ2v) is 5.44. The second-order valence-electron chi connectivity index (χ2n) is 5.00. The summed E-state index contributed by atoms with van der Waals surface area (Å²) in [7, 11) is 1.54. The fourth-order valence-electron chi connectivity index (χ4n) is 2.11. The Morgan fingerprint density at radius 2 is 1.67 bits per heavy atom. The third-order valence-corrected chi connectivity index (χ3v) is 3.65. The zero-order valence-corrected chi connectivity index (χ0v) is 13.6. The molecule has 6 heteroatoms. The Labute approximate surface area is 144 Å². The van der Waals surface area contributed by atoms with E-state index in [1.165, 1.54) is 0 Å². The molecule has 1 heterocycles. The molecule has 0 saturated carbocycles. The lowest BCUT2D eigenvalue weighted by Gasteiger charge is -2.07. The molecule has 2 aromatic carbocycles.